The predicted octanol–water partition coefficient (Wildman–Crippen LogP) is 3.87. The molecule has 0 radical (unpaired) electrons. The fraction of sp³-hybridized carbons (Fsp3) is 0.222. The van der Waals surface area contributed by atoms with E-state index in [9.17, 15) is 9.59 Å². The summed E-state index contributed by atoms with van der Waals surface area (Å²) in [6, 6.07) is 10.7. The number of amides is 1. The SMILES string of the molecule is COC(=O)c1cc(Br)ccc1NC(=O)COc1cc(C)cc(C)c1. The molecule has 0 saturated carbocycles. The Kier molecular flexibility index (Phi) is 5.98. The molecular formula is C18H18BrNO4. The quantitative estimate of drug-likeness (QED) is 0.785. The number of nitrogens with one attached hydrogen (secondary N) is 1. The maximum atomic E-state index is 12.1. The van der Waals surface area contributed by atoms with Gasteiger partial charge in [0.2, 0.25) is 0 Å². The molecule has 24 heavy (non-hydrogen) atoms. The summed E-state index contributed by atoms with van der Waals surface area (Å²) in [4.78, 5) is 23.9. The lowest BCUT2D eigenvalue weighted by molar-refractivity contribution is -0.118. The van der Waals surface area contributed by atoms with E-state index in [1.54, 1.807) is 18.2 Å². The fourth-order valence-corrected chi connectivity index (χ4v) is 2.62. The fourth-order valence-electron chi connectivity index (χ4n) is 2.26. The summed E-state index contributed by atoms with van der Waals surface area (Å²) in [5.41, 5.74) is 2.77. The van der Waals surface area contributed by atoms with E-state index >= 15 is 0 Å². The maximum Gasteiger partial charge on any atom is 0.340 e. The van der Waals surface area contributed by atoms with Gasteiger partial charge in [-0.25, -0.2) is 4.79 Å². The summed E-state index contributed by atoms with van der Waals surface area (Å²) >= 11 is 3.29. The average Bonchev–Trinajstić information content (AvgIpc) is 2.53. The number of hydrogen-bond donors (Lipinski definition) is 1. The van der Waals surface area contributed by atoms with E-state index in [0.717, 1.165) is 11.1 Å². The largest absolute Gasteiger partial charge is 0.484 e. The van der Waals surface area contributed by atoms with E-state index in [2.05, 4.69) is 21.2 Å². The second kappa shape index (κ2) is 7.97. The van der Waals surface area contributed by atoms with Crippen molar-refractivity contribution in [1.82, 2.24) is 0 Å². The third-order valence-corrected chi connectivity index (χ3v) is 3.72. The first-order valence-corrected chi connectivity index (χ1v) is 8.07. The number of benzene rings is 2. The summed E-state index contributed by atoms with van der Waals surface area (Å²) in [5, 5.41) is 2.67. The zero-order valence-electron chi connectivity index (χ0n) is 13.7. The van der Waals surface area contributed by atoms with Gasteiger partial charge in [0.05, 0.1) is 18.4 Å². The maximum absolute atomic E-state index is 12.1. The molecule has 0 saturated heterocycles. The van der Waals surface area contributed by atoms with Crippen molar-refractivity contribution in [3.8, 4) is 5.75 Å². The minimum Gasteiger partial charge on any atom is -0.484 e. The zero-order valence-corrected chi connectivity index (χ0v) is 15.3. The van der Waals surface area contributed by atoms with Crippen molar-refractivity contribution < 1.29 is 19.1 Å². The van der Waals surface area contributed by atoms with Crippen LogP contribution in [0.25, 0.3) is 0 Å². The van der Waals surface area contributed by atoms with E-state index in [1.807, 2.05) is 32.0 Å². The number of anilines is 1. The Morgan fingerprint density at radius 1 is 1.08 bits per heavy atom. The van der Waals surface area contributed by atoms with Crippen molar-refractivity contribution in [2.75, 3.05) is 19.0 Å². The summed E-state index contributed by atoms with van der Waals surface area (Å²) < 4.78 is 11.0. The molecular weight excluding hydrogens is 374 g/mol. The van der Waals surface area contributed by atoms with Crippen LogP contribution in [0.5, 0.6) is 5.75 Å². The molecule has 5 nitrogen and oxygen atoms in total. The lowest BCUT2D eigenvalue weighted by Gasteiger charge is -2.11. The molecule has 0 spiro atoms. The summed E-state index contributed by atoms with van der Waals surface area (Å²) in [6.07, 6.45) is 0. The van der Waals surface area contributed by atoms with Crippen LogP contribution in [0, 0.1) is 13.8 Å². The first-order chi connectivity index (χ1) is 11.4. The molecule has 0 bridgehead atoms. The molecule has 2 aromatic carbocycles. The standard InChI is InChI=1S/C18H18BrNO4/c1-11-6-12(2)8-14(7-11)24-10-17(21)20-16-5-4-13(19)9-15(16)18(22)23-3/h4-9H,10H2,1-3H3,(H,20,21). The van der Waals surface area contributed by atoms with Gasteiger partial charge in [-0.05, 0) is 55.3 Å². The lowest BCUT2D eigenvalue weighted by Crippen LogP contribution is -2.21. The van der Waals surface area contributed by atoms with Gasteiger partial charge in [0.15, 0.2) is 6.61 Å². The molecule has 0 aliphatic carbocycles. The molecule has 0 aromatic heterocycles. The summed E-state index contributed by atoms with van der Waals surface area (Å²) in [7, 11) is 1.29. The van der Waals surface area contributed by atoms with Gasteiger partial charge >= 0.3 is 5.97 Å². The van der Waals surface area contributed by atoms with Crippen LogP contribution in [-0.4, -0.2) is 25.6 Å². The van der Waals surface area contributed by atoms with Crippen LogP contribution in [-0.2, 0) is 9.53 Å². The van der Waals surface area contributed by atoms with Crippen LogP contribution in [0.15, 0.2) is 40.9 Å². The molecule has 126 valence electrons. The van der Waals surface area contributed by atoms with Gasteiger partial charge in [0.25, 0.3) is 5.91 Å². The van der Waals surface area contributed by atoms with E-state index < -0.39 is 5.97 Å². The van der Waals surface area contributed by atoms with Gasteiger partial charge in [-0.15, -0.1) is 0 Å². The lowest BCUT2D eigenvalue weighted by atomic mass is 10.1. The average molecular weight is 392 g/mol. The first-order valence-electron chi connectivity index (χ1n) is 7.28. The normalized spacial score (nSPS) is 10.2. The Balaban J connectivity index is 2.06. The minimum absolute atomic E-state index is 0.153. The van der Waals surface area contributed by atoms with Crippen LogP contribution in [0.3, 0.4) is 0 Å². The number of hydrogen-bond acceptors (Lipinski definition) is 4. The highest BCUT2D eigenvalue weighted by molar-refractivity contribution is 9.10. The number of aryl methyl sites for hydroxylation is 2. The van der Waals surface area contributed by atoms with Gasteiger partial charge in [-0.1, -0.05) is 22.0 Å². The van der Waals surface area contributed by atoms with E-state index in [1.165, 1.54) is 7.11 Å². The summed E-state index contributed by atoms with van der Waals surface area (Å²) in [5.74, 6) is -0.255. The van der Waals surface area contributed by atoms with Crippen molar-refractivity contribution in [2.45, 2.75) is 13.8 Å². The number of esters is 1. The third-order valence-electron chi connectivity index (χ3n) is 3.23. The highest BCUT2D eigenvalue weighted by atomic mass is 79.9. The monoisotopic (exact) mass is 391 g/mol. The highest BCUT2D eigenvalue weighted by Crippen LogP contribution is 2.22. The molecule has 2 rings (SSSR count). The summed E-state index contributed by atoms with van der Waals surface area (Å²) in [6.45, 7) is 3.77. The molecule has 0 heterocycles. The molecule has 1 N–H and O–H groups in total. The second-order valence-corrected chi connectivity index (χ2v) is 6.26. The molecule has 0 unspecified atom stereocenters. The minimum atomic E-state index is -0.526. The van der Waals surface area contributed by atoms with Gasteiger partial charge in [-0.2, -0.15) is 0 Å². The van der Waals surface area contributed by atoms with Crippen LogP contribution in [0.4, 0.5) is 5.69 Å². The molecule has 0 fully saturated rings. The van der Waals surface area contributed by atoms with Crippen LogP contribution in [0.2, 0.25) is 0 Å². The van der Waals surface area contributed by atoms with Crippen molar-refractivity contribution in [3.05, 3.63) is 57.6 Å². The Labute approximate surface area is 149 Å². The van der Waals surface area contributed by atoms with Crippen molar-refractivity contribution in [3.63, 3.8) is 0 Å². The molecule has 0 atom stereocenters. The molecule has 1 amide bonds. The zero-order chi connectivity index (χ0) is 17.7. The Morgan fingerprint density at radius 3 is 2.38 bits per heavy atom. The molecule has 0 aliphatic rings. The number of ether oxygens (including phenoxy) is 2. The highest BCUT2D eigenvalue weighted by Gasteiger charge is 2.15. The second-order valence-electron chi connectivity index (χ2n) is 5.34. The van der Waals surface area contributed by atoms with Crippen LogP contribution in [0.1, 0.15) is 21.5 Å². The van der Waals surface area contributed by atoms with Gasteiger partial charge in [0.1, 0.15) is 5.75 Å². The van der Waals surface area contributed by atoms with E-state index in [4.69, 9.17) is 9.47 Å². The Morgan fingerprint density at radius 2 is 1.75 bits per heavy atom. The van der Waals surface area contributed by atoms with Crippen LogP contribution >= 0.6 is 15.9 Å². The van der Waals surface area contributed by atoms with Gasteiger partial charge < -0.3 is 14.8 Å². The van der Waals surface area contributed by atoms with E-state index in [-0.39, 0.29) is 18.1 Å². The van der Waals surface area contributed by atoms with Gasteiger partial charge in [0, 0.05) is 4.47 Å². The first kappa shape index (κ1) is 18.0. The molecule has 0 aliphatic heterocycles. The predicted molar refractivity (Wildman–Crippen MR) is 95.5 cm³/mol. The van der Waals surface area contributed by atoms with Crippen LogP contribution < -0.4 is 10.1 Å². The Hall–Kier alpha value is -2.34. The third kappa shape index (κ3) is 4.83. The molecule has 2 aromatic rings. The van der Waals surface area contributed by atoms with Crippen molar-refractivity contribution >= 4 is 33.5 Å². The van der Waals surface area contributed by atoms with Crippen molar-refractivity contribution in [1.29, 1.82) is 0 Å². The topological polar surface area (TPSA) is 64.6 Å². The number of carbonyl (C=O) groups excluding carboxylic acids is 2. The van der Waals surface area contributed by atoms with Crippen molar-refractivity contribution in [2.24, 2.45) is 0 Å². The number of methoxy groups -OCH3 is 1. The van der Waals surface area contributed by atoms with Gasteiger partial charge in [-0.3, -0.25) is 4.79 Å². The molecule has 6 heteroatoms. The Bertz CT molecular complexity index is 753. The van der Waals surface area contributed by atoms with E-state index in [0.29, 0.717) is 15.9 Å². The number of halogens is 1. The number of rotatable bonds is 5. The smallest absolute Gasteiger partial charge is 0.340 e. The number of carbonyl (C=O) groups is 2.